The fourth-order valence-corrected chi connectivity index (χ4v) is 3.28. The minimum atomic E-state index is -4.42. The number of ether oxygens (including phenoxy) is 2. The van der Waals surface area contributed by atoms with Crippen molar-refractivity contribution in [2.24, 2.45) is 5.92 Å². The molecule has 0 saturated carbocycles. The lowest BCUT2D eigenvalue weighted by Gasteiger charge is -2.22. The monoisotopic (exact) mass is 432 g/mol. The summed E-state index contributed by atoms with van der Waals surface area (Å²) in [6.45, 7) is 2.10. The molecule has 0 radical (unpaired) electrons. The SMILES string of the molecule is O=C(O)/C=C/C=C(\c1ccc(OCC2CCOCC2)cc1)c1ccc(C(F)(F)F)cc1. The zero-order chi connectivity index (χ0) is 22.3. The van der Waals surface area contributed by atoms with Crippen molar-refractivity contribution in [1.82, 2.24) is 0 Å². The highest BCUT2D eigenvalue weighted by molar-refractivity contribution is 5.84. The molecule has 4 nitrogen and oxygen atoms in total. The quantitative estimate of drug-likeness (QED) is 0.458. The van der Waals surface area contributed by atoms with Crippen LogP contribution in [0.15, 0.2) is 66.8 Å². The summed E-state index contributed by atoms with van der Waals surface area (Å²) in [4.78, 5) is 10.8. The Balaban J connectivity index is 1.79. The van der Waals surface area contributed by atoms with Gasteiger partial charge in [-0.05, 0) is 59.7 Å². The van der Waals surface area contributed by atoms with E-state index < -0.39 is 17.7 Å². The lowest BCUT2D eigenvalue weighted by Crippen LogP contribution is -2.21. The fourth-order valence-electron chi connectivity index (χ4n) is 3.28. The van der Waals surface area contributed by atoms with Gasteiger partial charge in [-0.15, -0.1) is 0 Å². The lowest BCUT2D eigenvalue weighted by molar-refractivity contribution is -0.137. The molecule has 0 unspecified atom stereocenters. The first kappa shape index (κ1) is 22.6. The van der Waals surface area contributed by atoms with Crippen molar-refractivity contribution >= 4 is 11.5 Å². The number of allylic oxidation sites excluding steroid dienone is 2. The predicted octanol–water partition coefficient (Wildman–Crippen LogP) is 5.58. The van der Waals surface area contributed by atoms with Crippen molar-refractivity contribution < 1.29 is 32.5 Å². The topological polar surface area (TPSA) is 55.8 Å². The van der Waals surface area contributed by atoms with E-state index in [0.29, 0.717) is 29.4 Å². The van der Waals surface area contributed by atoms with Gasteiger partial charge in [0.05, 0.1) is 12.2 Å². The van der Waals surface area contributed by atoms with Crippen LogP contribution in [0.3, 0.4) is 0 Å². The summed E-state index contributed by atoms with van der Waals surface area (Å²) in [6.07, 6.45) is 1.40. The number of hydrogen-bond donors (Lipinski definition) is 1. The number of carboxylic acids is 1. The fraction of sp³-hybridized carbons (Fsp3) is 0.292. The van der Waals surface area contributed by atoms with Crippen LogP contribution in [0.4, 0.5) is 13.2 Å². The van der Waals surface area contributed by atoms with Gasteiger partial charge in [0.1, 0.15) is 5.75 Å². The molecule has 1 heterocycles. The number of carbonyl (C=O) groups is 1. The Labute approximate surface area is 178 Å². The maximum atomic E-state index is 12.9. The van der Waals surface area contributed by atoms with E-state index in [-0.39, 0.29) is 0 Å². The van der Waals surface area contributed by atoms with E-state index in [0.717, 1.165) is 49.8 Å². The van der Waals surface area contributed by atoms with Crippen LogP contribution in [-0.4, -0.2) is 30.9 Å². The molecule has 2 aromatic carbocycles. The number of halogens is 3. The summed E-state index contributed by atoms with van der Waals surface area (Å²) in [5.74, 6) is 0.0418. The van der Waals surface area contributed by atoms with Crippen LogP contribution in [0.25, 0.3) is 5.57 Å². The number of benzene rings is 2. The molecule has 1 fully saturated rings. The van der Waals surface area contributed by atoms with Crippen molar-refractivity contribution in [2.75, 3.05) is 19.8 Å². The minimum absolute atomic E-state index is 0.456. The molecule has 0 aliphatic carbocycles. The molecule has 0 spiro atoms. The molecule has 1 saturated heterocycles. The van der Waals surface area contributed by atoms with Gasteiger partial charge in [0.25, 0.3) is 0 Å². The van der Waals surface area contributed by atoms with Gasteiger partial charge in [-0.2, -0.15) is 13.2 Å². The molecule has 1 aliphatic heterocycles. The standard InChI is InChI=1S/C24H23F3O4/c25-24(26,27)20-8-4-18(5-9-20)22(2-1-3-23(28)29)19-6-10-21(11-7-19)31-16-17-12-14-30-15-13-17/h1-11,17H,12-16H2,(H,28,29)/b3-1+,22-2-. The maximum absolute atomic E-state index is 12.9. The summed E-state index contributed by atoms with van der Waals surface area (Å²) < 4.78 is 49.8. The van der Waals surface area contributed by atoms with Crippen molar-refractivity contribution in [3.8, 4) is 5.75 Å². The highest BCUT2D eigenvalue weighted by atomic mass is 19.4. The molecule has 7 heteroatoms. The Morgan fingerprint density at radius 2 is 1.61 bits per heavy atom. The molecular weight excluding hydrogens is 409 g/mol. The van der Waals surface area contributed by atoms with Crippen LogP contribution in [0.2, 0.25) is 0 Å². The van der Waals surface area contributed by atoms with Crippen LogP contribution in [-0.2, 0) is 15.7 Å². The molecular formula is C24H23F3O4. The van der Waals surface area contributed by atoms with E-state index >= 15 is 0 Å². The first-order valence-electron chi connectivity index (χ1n) is 9.93. The van der Waals surface area contributed by atoms with Gasteiger partial charge in [-0.3, -0.25) is 0 Å². The third-order valence-corrected chi connectivity index (χ3v) is 5.02. The Morgan fingerprint density at radius 1 is 1.03 bits per heavy atom. The third kappa shape index (κ3) is 6.72. The highest BCUT2D eigenvalue weighted by Gasteiger charge is 2.30. The Bertz CT molecular complexity index is 923. The summed E-state index contributed by atoms with van der Waals surface area (Å²) in [5.41, 5.74) is 1.13. The van der Waals surface area contributed by atoms with Crippen molar-refractivity contribution in [2.45, 2.75) is 19.0 Å². The zero-order valence-electron chi connectivity index (χ0n) is 16.8. The van der Waals surface area contributed by atoms with Crippen LogP contribution >= 0.6 is 0 Å². The van der Waals surface area contributed by atoms with E-state index in [1.807, 2.05) is 0 Å². The highest BCUT2D eigenvalue weighted by Crippen LogP contribution is 2.32. The van der Waals surface area contributed by atoms with Crippen LogP contribution in [0.5, 0.6) is 5.75 Å². The zero-order valence-corrected chi connectivity index (χ0v) is 16.8. The molecule has 2 aromatic rings. The molecule has 164 valence electrons. The predicted molar refractivity (Wildman–Crippen MR) is 111 cm³/mol. The molecule has 0 atom stereocenters. The van der Waals surface area contributed by atoms with Gasteiger partial charge in [0, 0.05) is 19.3 Å². The lowest BCUT2D eigenvalue weighted by atomic mass is 9.96. The number of hydrogen-bond acceptors (Lipinski definition) is 3. The molecule has 1 aliphatic rings. The second-order valence-electron chi connectivity index (χ2n) is 7.24. The van der Waals surface area contributed by atoms with Crippen molar-refractivity contribution in [1.29, 1.82) is 0 Å². The van der Waals surface area contributed by atoms with Gasteiger partial charge < -0.3 is 14.6 Å². The molecule has 1 N–H and O–H groups in total. The summed E-state index contributed by atoms with van der Waals surface area (Å²) in [5, 5.41) is 8.83. The van der Waals surface area contributed by atoms with E-state index in [2.05, 4.69) is 0 Å². The summed E-state index contributed by atoms with van der Waals surface area (Å²) >= 11 is 0. The van der Waals surface area contributed by atoms with Crippen molar-refractivity contribution in [3.05, 3.63) is 83.4 Å². The summed E-state index contributed by atoms with van der Waals surface area (Å²) in [6, 6.07) is 12.0. The number of aliphatic carboxylic acids is 1. The van der Waals surface area contributed by atoms with E-state index in [1.54, 1.807) is 30.3 Å². The van der Waals surface area contributed by atoms with Gasteiger partial charge >= 0.3 is 12.1 Å². The molecule has 0 aromatic heterocycles. The Morgan fingerprint density at radius 3 is 2.16 bits per heavy atom. The van der Waals surface area contributed by atoms with Gasteiger partial charge in [-0.25, -0.2) is 4.79 Å². The first-order valence-corrected chi connectivity index (χ1v) is 9.93. The second kappa shape index (κ2) is 10.3. The Hall–Kier alpha value is -3.06. The summed E-state index contributed by atoms with van der Waals surface area (Å²) in [7, 11) is 0. The van der Waals surface area contributed by atoms with Gasteiger partial charge in [0.2, 0.25) is 0 Å². The molecule has 3 rings (SSSR count). The average molecular weight is 432 g/mol. The number of carboxylic acid groups (broad SMARTS) is 1. The smallest absolute Gasteiger partial charge is 0.416 e. The van der Waals surface area contributed by atoms with Crippen LogP contribution in [0, 0.1) is 5.92 Å². The first-order chi connectivity index (χ1) is 14.8. The van der Waals surface area contributed by atoms with E-state index in [9.17, 15) is 18.0 Å². The average Bonchev–Trinajstić information content (AvgIpc) is 2.76. The van der Waals surface area contributed by atoms with E-state index in [1.165, 1.54) is 18.2 Å². The largest absolute Gasteiger partial charge is 0.493 e. The van der Waals surface area contributed by atoms with Crippen LogP contribution < -0.4 is 4.74 Å². The van der Waals surface area contributed by atoms with Crippen molar-refractivity contribution in [3.63, 3.8) is 0 Å². The van der Waals surface area contributed by atoms with E-state index in [4.69, 9.17) is 14.6 Å². The van der Waals surface area contributed by atoms with Gasteiger partial charge in [-0.1, -0.05) is 36.4 Å². The minimum Gasteiger partial charge on any atom is -0.493 e. The van der Waals surface area contributed by atoms with Gasteiger partial charge in [0.15, 0.2) is 0 Å². The third-order valence-electron chi connectivity index (χ3n) is 5.02. The molecule has 0 amide bonds. The second-order valence-corrected chi connectivity index (χ2v) is 7.24. The van der Waals surface area contributed by atoms with Crippen LogP contribution in [0.1, 0.15) is 29.5 Å². The maximum Gasteiger partial charge on any atom is 0.416 e. The molecule has 31 heavy (non-hydrogen) atoms. The normalized spacial score (nSPS) is 15.9. The molecule has 0 bridgehead atoms. The number of rotatable bonds is 7. The number of alkyl halides is 3. The Kier molecular flexibility index (Phi) is 7.52.